The average Bonchev–Trinajstić information content (AvgIpc) is 2.05. The molecular weight excluding hydrogens is 148 g/mol. The summed E-state index contributed by atoms with van der Waals surface area (Å²) < 4.78 is 0. The van der Waals surface area contributed by atoms with Crippen LogP contribution < -0.4 is 0 Å². The Balaban J connectivity index is 3.48. The van der Waals surface area contributed by atoms with E-state index in [1.54, 1.807) is 0 Å². The van der Waals surface area contributed by atoms with Gasteiger partial charge in [-0.05, 0) is 26.2 Å². The second-order valence-electron chi connectivity index (χ2n) is 3.06. The molecule has 0 unspecified atom stereocenters. The Kier molecular flexibility index (Phi) is 8.14. The van der Waals surface area contributed by atoms with Crippen LogP contribution in [0.25, 0.3) is 0 Å². The number of allylic oxidation sites excluding steroid dienone is 4. The van der Waals surface area contributed by atoms with Crippen LogP contribution in [0.1, 0.15) is 39.5 Å². The third kappa shape index (κ3) is 7.55. The minimum Gasteiger partial charge on any atom is -0.396 e. The molecule has 0 saturated carbocycles. The number of unbranched alkanes of at least 4 members (excludes halogenated alkanes) is 1. The van der Waals surface area contributed by atoms with Crippen molar-refractivity contribution in [3.05, 3.63) is 23.8 Å². The highest BCUT2D eigenvalue weighted by Crippen LogP contribution is 2.03. The maximum absolute atomic E-state index is 8.51. The molecule has 0 aliphatic heterocycles. The van der Waals surface area contributed by atoms with Gasteiger partial charge in [0.15, 0.2) is 0 Å². The highest BCUT2D eigenvalue weighted by molar-refractivity contribution is 5.10. The van der Waals surface area contributed by atoms with E-state index in [2.05, 4.69) is 32.1 Å². The van der Waals surface area contributed by atoms with Crippen molar-refractivity contribution in [2.24, 2.45) is 0 Å². The molecule has 0 aromatic heterocycles. The molecule has 12 heavy (non-hydrogen) atoms. The van der Waals surface area contributed by atoms with Crippen molar-refractivity contribution in [1.29, 1.82) is 0 Å². The second-order valence-corrected chi connectivity index (χ2v) is 3.06. The summed E-state index contributed by atoms with van der Waals surface area (Å²) in [5, 5.41) is 8.51. The lowest BCUT2D eigenvalue weighted by Crippen LogP contribution is -1.78. The summed E-state index contributed by atoms with van der Waals surface area (Å²) in [5.74, 6) is 0. The van der Waals surface area contributed by atoms with Crippen LogP contribution in [0.4, 0.5) is 0 Å². The molecule has 1 heteroatoms. The molecule has 0 aliphatic carbocycles. The van der Waals surface area contributed by atoms with Gasteiger partial charge in [0, 0.05) is 6.61 Å². The predicted molar refractivity (Wildman–Crippen MR) is 54.1 cm³/mol. The van der Waals surface area contributed by atoms with E-state index in [1.807, 2.05) is 0 Å². The minimum absolute atomic E-state index is 0.294. The lowest BCUT2D eigenvalue weighted by molar-refractivity contribution is 0.289. The van der Waals surface area contributed by atoms with Crippen LogP contribution >= 0.6 is 0 Å². The summed E-state index contributed by atoms with van der Waals surface area (Å²) in [6, 6.07) is 0. The molecule has 0 heterocycles. The monoisotopic (exact) mass is 168 g/mol. The molecule has 0 spiro atoms. The first-order valence-corrected chi connectivity index (χ1v) is 4.74. The largest absolute Gasteiger partial charge is 0.396 e. The zero-order chi connectivity index (χ0) is 9.23. The molecule has 0 fully saturated rings. The Morgan fingerprint density at radius 3 is 2.75 bits per heavy atom. The Morgan fingerprint density at radius 2 is 2.17 bits per heavy atom. The third-order valence-corrected chi connectivity index (χ3v) is 1.69. The van der Waals surface area contributed by atoms with Gasteiger partial charge in [0.1, 0.15) is 0 Å². The fourth-order valence-electron chi connectivity index (χ4n) is 1.02. The van der Waals surface area contributed by atoms with Gasteiger partial charge in [0.05, 0.1) is 0 Å². The number of hydrogen-bond donors (Lipinski definition) is 1. The Labute approximate surface area is 75.8 Å². The predicted octanol–water partition coefficient (Wildman–Crippen LogP) is 3.06. The minimum atomic E-state index is 0.294. The molecule has 1 nitrogen and oxygen atoms in total. The summed E-state index contributed by atoms with van der Waals surface area (Å²) in [7, 11) is 0. The van der Waals surface area contributed by atoms with E-state index < -0.39 is 0 Å². The van der Waals surface area contributed by atoms with Gasteiger partial charge < -0.3 is 5.11 Å². The van der Waals surface area contributed by atoms with Crippen LogP contribution in [0.2, 0.25) is 0 Å². The van der Waals surface area contributed by atoms with Crippen LogP contribution in [0.3, 0.4) is 0 Å². The van der Waals surface area contributed by atoms with Crippen molar-refractivity contribution in [2.75, 3.05) is 6.61 Å². The standard InChI is InChI=1S/C11H20O/c1-3-8-11(2)9-6-4-5-7-10-12/h4,6,9,12H,3,5,7-8,10H2,1-2H3/b6-4+,11-9+. The molecular formula is C11H20O. The van der Waals surface area contributed by atoms with Crippen molar-refractivity contribution < 1.29 is 5.11 Å². The van der Waals surface area contributed by atoms with E-state index in [0.29, 0.717) is 6.61 Å². The van der Waals surface area contributed by atoms with Crippen molar-refractivity contribution in [3.63, 3.8) is 0 Å². The number of rotatable bonds is 6. The van der Waals surface area contributed by atoms with Crippen LogP contribution in [0, 0.1) is 0 Å². The smallest absolute Gasteiger partial charge is 0.0433 e. The van der Waals surface area contributed by atoms with Gasteiger partial charge in [-0.2, -0.15) is 0 Å². The first-order chi connectivity index (χ1) is 5.81. The lowest BCUT2D eigenvalue weighted by atomic mass is 10.1. The number of hydrogen-bond acceptors (Lipinski definition) is 1. The Morgan fingerprint density at radius 1 is 1.42 bits per heavy atom. The Bertz CT molecular complexity index is 145. The molecule has 0 saturated heterocycles. The van der Waals surface area contributed by atoms with Gasteiger partial charge in [-0.3, -0.25) is 0 Å². The van der Waals surface area contributed by atoms with Gasteiger partial charge >= 0.3 is 0 Å². The van der Waals surface area contributed by atoms with Crippen molar-refractivity contribution in [3.8, 4) is 0 Å². The number of aliphatic hydroxyl groups excluding tert-OH is 1. The molecule has 0 aliphatic rings. The highest BCUT2D eigenvalue weighted by atomic mass is 16.2. The maximum Gasteiger partial charge on any atom is 0.0433 e. The molecule has 0 aromatic carbocycles. The number of aliphatic hydroxyl groups is 1. The molecule has 0 radical (unpaired) electrons. The zero-order valence-electron chi connectivity index (χ0n) is 8.21. The maximum atomic E-state index is 8.51. The van der Waals surface area contributed by atoms with E-state index >= 15 is 0 Å². The molecule has 0 amide bonds. The summed E-state index contributed by atoms with van der Waals surface area (Å²) in [6.45, 7) is 4.63. The lowest BCUT2D eigenvalue weighted by Gasteiger charge is -1.93. The van der Waals surface area contributed by atoms with E-state index in [4.69, 9.17) is 5.11 Å². The quantitative estimate of drug-likeness (QED) is 0.477. The molecule has 0 aromatic rings. The highest BCUT2D eigenvalue weighted by Gasteiger charge is 1.83. The first kappa shape index (κ1) is 11.4. The molecule has 1 N–H and O–H groups in total. The SMILES string of the molecule is CCC/C(C)=C/C=C/CCCO. The Hall–Kier alpha value is -0.560. The summed E-state index contributed by atoms with van der Waals surface area (Å²) in [5.41, 5.74) is 1.43. The molecule has 0 atom stereocenters. The first-order valence-electron chi connectivity index (χ1n) is 4.74. The van der Waals surface area contributed by atoms with E-state index in [1.165, 1.54) is 18.4 Å². The van der Waals surface area contributed by atoms with Crippen LogP contribution in [-0.4, -0.2) is 11.7 Å². The van der Waals surface area contributed by atoms with Gasteiger partial charge in [-0.15, -0.1) is 0 Å². The van der Waals surface area contributed by atoms with Gasteiger partial charge in [-0.1, -0.05) is 37.1 Å². The van der Waals surface area contributed by atoms with Crippen molar-refractivity contribution in [2.45, 2.75) is 39.5 Å². The average molecular weight is 168 g/mol. The van der Waals surface area contributed by atoms with Crippen molar-refractivity contribution in [1.82, 2.24) is 0 Å². The summed E-state index contributed by atoms with van der Waals surface area (Å²) in [4.78, 5) is 0. The van der Waals surface area contributed by atoms with Crippen molar-refractivity contribution >= 4 is 0 Å². The van der Waals surface area contributed by atoms with E-state index in [-0.39, 0.29) is 0 Å². The van der Waals surface area contributed by atoms with E-state index in [9.17, 15) is 0 Å². The van der Waals surface area contributed by atoms with Crippen LogP contribution in [0.15, 0.2) is 23.8 Å². The van der Waals surface area contributed by atoms with E-state index in [0.717, 1.165) is 12.8 Å². The normalized spacial score (nSPS) is 12.8. The van der Waals surface area contributed by atoms with Gasteiger partial charge in [0.25, 0.3) is 0 Å². The molecule has 70 valence electrons. The second kappa shape index (κ2) is 8.54. The third-order valence-electron chi connectivity index (χ3n) is 1.69. The molecule has 0 bridgehead atoms. The van der Waals surface area contributed by atoms with Crippen LogP contribution in [0.5, 0.6) is 0 Å². The van der Waals surface area contributed by atoms with Gasteiger partial charge in [-0.25, -0.2) is 0 Å². The fraction of sp³-hybridized carbons (Fsp3) is 0.636. The summed E-state index contributed by atoms with van der Waals surface area (Å²) in [6.07, 6.45) is 10.6. The topological polar surface area (TPSA) is 20.2 Å². The zero-order valence-corrected chi connectivity index (χ0v) is 8.21. The van der Waals surface area contributed by atoms with Crippen LogP contribution in [-0.2, 0) is 0 Å². The fourth-order valence-corrected chi connectivity index (χ4v) is 1.02. The summed E-state index contributed by atoms with van der Waals surface area (Å²) >= 11 is 0. The molecule has 0 rings (SSSR count). The van der Waals surface area contributed by atoms with Gasteiger partial charge in [0.2, 0.25) is 0 Å².